The topological polar surface area (TPSA) is 83.7 Å². The SMILES string of the molecule is NC(=O)N1CCC2(CC1C1CC1)CN(S(=O)(=O)c1ccc(C(F)F)cc1)c1ccccc12. The Balaban J connectivity index is 1.52. The maximum absolute atomic E-state index is 13.6. The van der Waals surface area contributed by atoms with Crippen LogP contribution in [-0.4, -0.2) is 38.5 Å². The van der Waals surface area contributed by atoms with Crippen LogP contribution in [0.1, 0.15) is 43.2 Å². The van der Waals surface area contributed by atoms with Crippen molar-refractivity contribution in [2.75, 3.05) is 17.4 Å². The van der Waals surface area contributed by atoms with Crippen molar-refractivity contribution in [2.45, 2.75) is 48.5 Å². The van der Waals surface area contributed by atoms with Gasteiger partial charge in [-0.1, -0.05) is 30.3 Å². The van der Waals surface area contributed by atoms with Gasteiger partial charge in [-0.15, -0.1) is 0 Å². The van der Waals surface area contributed by atoms with Crippen molar-refractivity contribution in [3.63, 3.8) is 0 Å². The number of sulfonamides is 1. The van der Waals surface area contributed by atoms with Crippen molar-refractivity contribution < 1.29 is 22.0 Å². The lowest BCUT2D eigenvalue weighted by molar-refractivity contribution is 0.111. The summed E-state index contributed by atoms with van der Waals surface area (Å²) in [5.41, 5.74) is 6.59. The van der Waals surface area contributed by atoms with E-state index >= 15 is 0 Å². The van der Waals surface area contributed by atoms with E-state index in [1.165, 1.54) is 16.4 Å². The summed E-state index contributed by atoms with van der Waals surface area (Å²) in [5.74, 6) is 0.402. The third-order valence-corrected chi connectivity index (χ3v) is 8.97. The van der Waals surface area contributed by atoms with Crippen molar-refractivity contribution in [2.24, 2.45) is 11.7 Å². The van der Waals surface area contributed by atoms with Gasteiger partial charge in [-0.05, 0) is 55.4 Å². The van der Waals surface area contributed by atoms with E-state index in [4.69, 9.17) is 5.73 Å². The molecule has 2 N–H and O–H groups in total. The first-order valence-corrected chi connectivity index (χ1v) is 12.2. The van der Waals surface area contributed by atoms with Gasteiger partial charge in [-0.3, -0.25) is 4.31 Å². The molecule has 1 saturated heterocycles. The van der Waals surface area contributed by atoms with Crippen LogP contribution >= 0.6 is 0 Å². The summed E-state index contributed by atoms with van der Waals surface area (Å²) in [6.45, 7) is 0.753. The first kappa shape index (κ1) is 21.2. The first-order chi connectivity index (χ1) is 15.2. The number of benzene rings is 2. The monoisotopic (exact) mass is 461 g/mol. The molecule has 1 aliphatic carbocycles. The fraction of sp³-hybridized carbons (Fsp3) is 0.435. The van der Waals surface area contributed by atoms with Gasteiger partial charge in [0.1, 0.15) is 0 Å². The Bertz CT molecular complexity index is 1150. The average molecular weight is 462 g/mol. The van der Waals surface area contributed by atoms with Crippen molar-refractivity contribution >= 4 is 21.7 Å². The van der Waals surface area contributed by atoms with Crippen LogP contribution in [0.3, 0.4) is 0 Å². The van der Waals surface area contributed by atoms with E-state index < -0.39 is 27.9 Å². The Morgan fingerprint density at radius 2 is 1.78 bits per heavy atom. The molecule has 32 heavy (non-hydrogen) atoms. The average Bonchev–Trinajstić information content (AvgIpc) is 3.58. The fourth-order valence-corrected chi connectivity index (χ4v) is 6.96. The molecule has 1 saturated carbocycles. The van der Waals surface area contributed by atoms with Crippen LogP contribution in [0.2, 0.25) is 0 Å². The molecule has 5 rings (SSSR count). The number of rotatable bonds is 4. The number of urea groups is 1. The van der Waals surface area contributed by atoms with E-state index in [-0.39, 0.29) is 23.0 Å². The molecule has 1 spiro atoms. The number of amides is 2. The number of anilines is 1. The molecular weight excluding hydrogens is 436 g/mol. The largest absolute Gasteiger partial charge is 0.351 e. The summed E-state index contributed by atoms with van der Waals surface area (Å²) >= 11 is 0. The number of halogens is 2. The number of nitrogens with zero attached hydrogens (tertiary/aromatic N) is 2. The molecule has 0 bridgehead atoms. The van der Waals surface area contributed by atoms with Crippen molar-refractivity contribution in [1.29, 1.82) is 0 Å². The van der Waals surface area contributed by atoms with Gasteiger partial charge in [0.2, 0.25) is 0 Å². The third kappa shape index (κ3) is 3.34. The van der Waals surface area contributed by atoms with E-state index in [1.54, 1.807) is 17.0 Å². The molecule has 9 heteroatoms. The van der Waals surface area contributed by atoms with Gasteiger partial charge in [-0.25, -0.2) is 22.0 Å². The quantitative estimate of drug-likeness (QED) is 0.746. The molecule has 6 nitrogen and oxygen atoms in total. The molecule has 0 radical (unpaired) electrons. The second-order valence-corrected chi connectivity index (χ2v) is 10.9. The number of alkyl halides is 2. The van der Waals surface area contributed by atoms with E-state index in [1.807, 2.05) is 12.1 Å². The van der Waals surface area contributed by atoms with Crippen LogP contribution in [0.15, 0.2) is 53.4 Å². The number of fused-ring (bicyclic) bond motifs is 2. The zero-order valence-corrected chi connectivity index (χ0v) is 18.3. The number of piperidine rings is 1. The number of primary amides is 1. The Kier molecular flexibility index (Phi) is 4.92. The highest BCUT2D eigenvalue weighted by atomic mass is 32.2. The number of para-hydroxylation sites is 1. The zero-order valence-electron chi connectivity index (χ0n) is 17.5. The van der Waals surface area contributed by atoms with Crippen LogP contribution in [0.4, 0.5) is 19.3 Å². The van der Waals surface area contributed by atoms with Gasteiger partial charge in [0.05, 0.1) is 10.6 Å². The van der Waals surface area contributed by atoms with Gasteiger partial charge >= 0.3 is 6.03 Å². The number of carbonyl (C=O) groups is 1. The summed E-state index contributed by atoms with van der Waals surface area (Å²) < 4.78 is 54.4. The van der Waals surface area contributed by atoms with Gasteiger partial charge < -0.3 is 10.6 Å². The molecule has 2 aromatic carbocycles. The number of hydrogen-bond acceptors (Lipinski definition) is 3. The highest BCUT2D eigenvalue weighted by molar-refractivity contribution is 7.92. The molecular formula is C23H25F2N3O3S. The fourth-order valence-electron chi connectivity index (χ4n) is 5.39. The predicted molar refractivity (Wildman–Crippen MR) is 116 cm³/mol. The Morgan fingerprint density at radius 1 is 1.09 bits per heavy atom. The third-order valence-electron chi connectivity index (χ3n) is 7.19. The lowest BCUT2D eigenvalue weighted by Gasteiger charge is -2.45. The van der Waals surface area contributed by atoms with Crippen LogP contribution in [0, 0.1) is 5.92 Å². The standard InChI is InChI=1S/C23H25F2N3O3S/c24-21(25)16-7-9-17(10-8-16)32(30,31)28-14-23(18-3-1-2-4-19(18)28)11-12-27(22(26)29)20(13-23)15-5-6-15/h1-4,7-10,15,20-21H,5-6,11-14H2,(H2,26,29). The normalized spacial score (nSPS) is 25.4. The molecule has 0 aromatic heterocycles. The van der Waals surface area contributed by atoms with E-state index in [2.05, 4.69) is 0 Å². The second kappa shape index (κ2) is 7.43. The highest BCUT2D eigenvalue weighted by Crippen LogP contribution is 2.53. The van der Waals surface area contributed by atoms with E-state index in [0.29, 0.717) is 31.0 Å². The zero-order chi connectivity index (χ0) is 22.7. The molecule has 2 heterocycles. The Morgan fingerprint density at radius 3 is 2.41 bits per heavy atom. The van der Waals surface area contributed by atoms with Crippen molar-refractivity contribution in [3.05, 3.63) is 59.7 Å². The molecule has 2 atom stereocenters. The maximum atomic E-state index is 13.6. The minimum Gasteiger partial charge on any atom is -0.351 e. The van der Waals surface area contributed by atoms with E-state index in [0.717, 1.165) is 30.5 Å². The van der Waals surface area contributed by atoms with Crippen molar-refractivity contribution in [3.8, 4) is 0 Å². The summed E-state index contributed by atoms with van der Waals surface area (Å²) in [4.78, 5) is 13.7. The molecule has 3 aliphatic rings. The Hall–Kier alpha value is -2.68. The van der Waals surface area contributed by atoms with Crippen LogP contribution in [0.25, 0.3) is 0 Å². The predicted octanol–water partition coefficient (Wildman–Crippen LogP) is 4.02. The summed E-state index contributed by atoms with van der Waals surface area (Å²) in [5, 5.41) is 0. The summed E-state index contributed by atoms with van der Waals surface area (Å²) in [7, 11) is -3.94. The number of carbonyl (C=O) groups excluding carboxylic acids is 1. The molecule has 2 amide bonds. The number of likely N-dealkylation sites (tertiary alicyclic amines) is 1. The van der Waals surface area contributed by atoms with Crippen LogP contribution in [-0.2, 0) is 15.4 Å². The van der Waals surface area contributed by atoms with Crippen LogP contribution in [0.5, 0.6) is 0 Å². The van der Waals surface area contributed by atoms with Crippen molar-refractivity contribution in [1.82, 2.24) is 4.90 Å². The van der Waals surface area contributed by atoms with Gasteiger partial charge in [0.15, 0.2) is 0 Å². The molecule has 2 aromatic rings. The molecule has 2 aliphatic heterocycles. The highest BCUT2D eigenvalue weighted by Gasteiger charge is 2.53. The minimum absolute atomic E-state index is 0.00212. The molecule has 2 fully saturated rings. The maximum Gasteiger partial charge on any atom is 0.315 e. The molecule has 2 unspecified atom stereocenters. The van der Waals surface area contributed by atoms with Crippen LogP contribution < -0.4 is 10.0 Å². The van der Waals surface area contributed by atoms with Gasteiger partial charge in [0.25, 0.3) is 16.4 Å². The molecule has 170 valence electrons. The van der Waals surface area contributed by atoms with Gasteiger partial charge in [-0.2, -0.15) is 0 Å². The van der Waals surface area contributed by atoms with Gasteiger partial charge in [0, 0.05) is 30.1 Å². The lowest BCUT2D eigenvalue weighted by Crippen LogP contribution is -2.55. The lowest BCUT2D eigenvalue weighted by atomic mass is 9.71. The summed E-state index contributed by atoms with van der Waals surface area (Å²) in [6, 6.07) is 11.8. The number of hydrogen-bond donors (Lipinski definition) is 1. The second-order valence-electron chi connectivity index (χ2n) is 9.07. The minimum atomic E-state index is -3.94. The first-order valence-electron chi connectivity index (χ1n) is 10.8. The Labute approximate surface area is 186 Å². The van der Waals surface area contributed by atoms with E-state index in [9.17, 15) is 22.0 Å². The summed E-state index contributed by atoms with van der Waals surface area (Å²) in [6.07, 6.45) is 0.716. The smallest absolute Gasteiger partial charge is 0.315 e. The number of nitrogens with two attached hydrogens (primary N) is 1.